The Kier molecular flexibility index (Phi) is 3.65. The molecule has 1 unspecified atom stereocenters. The highest BCUT2D eigenvalue weighted by Crippen LogP contribution is 2.26. The monoisotopic (exact) mass is 257 g/mol. The number of hydrogen-bond donors (Lipinski definition) is 1. The van der Waals surface area contributed by atoms with E-state index in [0.29, 0.717) is 24.0 Å². The molecule has 100 valence electrons. The molecule has 2 heterocycles. The van der Waals surface area contributed by atoms with Gasteiger partial charge in [0.15, 0.2) is 0 Å². The lowest BCUT2D eigenvalue weighted by Gasteiger charge is -2.11. The number of pyridine rings is 1. The second-order valence-corrected chi connectivity index (χ2v) is 5.41. The highest BCUT2D eigenvalue weighted by Gasteiger charge is 2.18. The van der Waals surface area contributed by atoms with Gasteiger partial charge in [0.25, 0.3) is 0 Å². The molecule has 1 aromatic heterocycles. The normalized spacial score (nSPS) is 21.1. The maximum absolute atomic E-state index is 9.18. The van der Waals surface area contributed by atoms with Crippen LogP contribution < -0.4 is 10.1 Å². The third-order valence-electron chi connectivity index (χ3n) is 4.06. The minimum atomic E-state index is 0.536. The SMILES string of the molecule is N#Cc1cc2c(nc1OCCC1CCNC1)CCC2. The van der Waals surface area contributed by atoms with Crippen LogP contribution in [0, 0.1) is 17.2 Å². The number of aryl methyl sites for hydroxylation is 2. The van der Waals surface area contributed by atoms with E-state index in [4.69, 9.17) is 4.74 Å². The van der Waals surface area contributed by atoms with Crippen molar-refractivity contribution in [3.63, 3.8) is 0 Å². The molecule has 3 rings (SSSR count). The summed E-state index contributed by atoms with van der Waals surface area (Å²) in [6.45, 7) is 2.87. The first kappa shape index (κ1) is 12.4. The fourth-order valence-corrected chi connectivity index (χ4v) is 2.93. The van der Waals surface area contributed by atoms with Gasteiger partial charge in [-0.15, -0.1) is 0 Å². The molecule has 0 saturated carbocycles. The average molecular weight is 257 g/mol. The summed E-state index contributed by atoms with van der Waals surface area (Å²) in [5, 5.41) is 12.5. The van der Waals surface area contributed by atoms with E-state index >= 15 is 0 Å². The number of fused-ring (bicyclic) bond motifs is 1. The summed E-state index contributed by atoms with van der Waals surface area (Å²) < 4.78 is 5.75. The van der Waals surface area contributed by atoms with Crippen LogP contribution in [0.4, 0.5) is 0 Å². The Hall–Kier alpha value is -1.60. The van der Waals surface area contributed by atoms with Crippen LogP contribution in [-0.2, 0) is 12.8 Å². The molecule has 1 fully saturated rings. The Morgan fingerprint density at radius 3 is 3.21 bits per heavy atom. The number of aromatic nitrogens is 1. The molecule has 1 atom stereocenters. The Morgan fingerprint density at radius 1 is 1.47 bits per heavy atom. The van der Waals surface area contributed by atoms with E-state index in [1.54, 1.807) is 0 Å². The zero-order valence-corrected chi connectivity index (χ0v) is 11.1. The van der Waals surface area contributed by atoms with Gasteiger partial charge in [-0.2, -0.15) is 5.26 Å². The van der Waals surface area contributed by atoms with Crippen molar-refractivity contribution in [3.05, 3.63) is 22.9 Å². The van der Waals surface area contributed by atoms with Crippen molar-refractivity contribution in [2.45, 2.75) is 32.1 Å². The summed E-state index contributed by atoms with van der Waals surface area (Å²) in [7, 11) is 0. The van der Waals surface area contributed by atoms with Gasteiger partial charge in [-0.3, -0.25) is 0 Å². The van der Waals surface area contributed by atoms with Crippen molar-refractivity contribution >= 4 is 0 Å². The minimum Gasteiger partial charge on any atom is -0.477 e. The lowest BCUT2D eigenvalue weighted by Crippen LogP contribution is -2.12. The van der Waals surface area contributed by atoms with Crippen LogP contribution in [0.3, 0.4) is 0 Å². The second-order valence-electron chi connectivity index (χ2n) is 5.41. The van der Waals surface area contributed by atoms with Crippen molar-refractivity contribution in [1.82, 2.24) is 10.3 Å². The first-order valence-corrected chi connectivity index (χ1v) is 7.13. The van der Waals surface area contributed by atoms with E-state index < -0.39 is 0 Å². The van der Waals surface area contributed by atoms with Gasteiger partial charge >= 0.3 is 0 Å². The molecule has 0 bridgehead atoms. The topological polar surface area (TPSA) is 57.9 Å². The zero-order chi connectivity index (χ0) is 13.1. The Labute approximate surface area is 113 Å². The van der Waals surface area contributed by atoms with E-state index in [9.17, 15) is 5.26 Å². The fourth-order valence-electron chi connectivity index (χ4n) is 2.93. The average Bonchev–Trinajstić information content (AvgIpc) is 3.08. The summed E-state index contributed by atoms with van der Waals surface area (Å²) in [5.41, 5.74) is 2.94. The first-order chi connectivity index (χ1) is 9.36. The van der Waals surface area contributed by atoms with Crippen LogP contribution in [0.1, 0.15) is 36.1 Å². The molecule has 0 radical (unpaired) electrons. The molecule has 0 amide bonds. The molecule has 0 aromatic carbocycles. The lowest BCUT2D eigenvalue weighted by molar-refractivity contribution is 0.272. The standard InChI is InChI=1S/C15H19N3O/c16-9-13-8-12-2-1-3-14(12)18-15(13)19-7-5-11-4-6-17-10-11/h8,11,17H,1-7,10H2. The van der Waals surface area contributed by atoms with Crippen LogP contribution in [0.2, 0.25) is 0 Å². The number of nitrogens with zero attached hydrogens (tertiary/aromatic N) is 2. The molecule has 4 heteroatoms. The summed E-state index contributed by atoms with van der Waals surface area (Å²) >= 11 is 0. The maximum Gasteiger partial charge on any atom is 0.231 e. The van der Waals surface area contributed by atoms with E-state index in [1.807, 2.05) is 6.07 Å². The van der Waals surface area contributed by atoms with Crippen molar-refractivity contribution in [2.24, 2.45) is 5.92 Å². The van der Waals surface area contributed by atoms with Crippen molar-refractivity contribution in [3.8, 4) is 11.9 Å². The molecular formula is C15H19N3O. The van der Waals surface area contributed by atoms with Crippen LogP contribution in [-0.4, -0.2) is 24.7 Å². The number of rotatable bonds is 4. The third kappa shape index (κ3) is 2.71. The predicted molar refractivity (Wildman–Crippen MR) is 72.1 cm³/mol. The Morgan fingerprint density at radius 2 is 2.42 bits per heavy atom. The van der Waals surface area contributed by atoms with Crippen molar-refractivity contribution in [1.29, 1.82) is 5.26 Å². The van der Waals surface area contributed by atoms with E-state index in [-0.39, 0.29) is 0 Å². The second kappa shape index (κ2) is 5.58. The zero-order valence-electron chi connectivity index (χ0n) is 11.1. The quantitative estimate of drug-likeness (QED) is 0.894. The van der Waals surface area contributed by atoms with Gasteiger partial charge in [-0.1, -0.05) is 0 Å². The number of hydrogen-bond acceptors (Lipinski definition) is 4. The lowest BCUT2D eigenvalue weighted by atomic mass is 10.1. The Bertz CT molecular complexity index is 501. The van der Waals surface area contributed by atoms with Crippen LogP contribution >= 0.6 is 0 Å². The molecule has 19 heavy (non-hydrogen) atoms. The van der Waals surface area contributed by atoms with Gasteiger partial charge in [0, 0.05) is 5.69 Å². The van der Waals surface area contributed by atoms with Crippen LogP contribution in [0.15, 0.2) is 6.07 Å². The van der Waals surface area contributed by atoms with E-state index in [1.165, 1.54) is 12.0 Å². The number of nitriles is 1. The van der Waals surface area contributed by atoms with Gasteiger partial charge in [-0.05, 0) is 62.7 Å². The third-order valence-corrected chi connectivity index (χ3v) is 4.06. The van der Waals surface area contributed by atoms with Crippen molar-refractivity contribution in [2.75, 3.05) is 19.7 Å². The molecule has 1 aliphatic carbocycles. The van der Waals surface area contributed by atoms with Crippen molar-refractivity contribution < 1.29 is 4.74 Å². The maximum atomic E-state index is 9.18. The number of ether oxygens (including phenoxy) is 1. The van der Waals surface area contributed by atoms with Gasteiger partial charge in [0.1, 0.15) is 11.6 Å². The number of nitrogens with one attached hydrogen (secondary N) is 1. The van der Waals surface area contributed by atoms with Gasteiger partial charge < -0.3 is 10.1 Å². The molecule has 1 saturated heterocycles. The highest BCUT2D eigenvalue weighted by molar-refractivity contribution is 5.44. The van der Waals surface area contributed by atoms with Gasteiger partial charge in [0.05, 0.1) is 6.61 Å². The molecule has 0 spiro atoms. The molecule has 4 nitrogen and oxygen atoms in total. The molecular weight excluding hydrogens is 238 g/mol. The van der Waals surface area contributed by atoms with Crippen LogP contribution in [0.25, 0.3) is 0 Å². The van der Waals surface area contributed by atoms with E-state index in [2.05, 4.69) is 16.4 Å². The molecule has 2 aliphatic rings. The molecule has 1 aromatic rings. The Balaban J connectivity index is 1.64. The summed E-state index contributed by atoms with van der Waals surface area (Å²) in [6.07, 6.45) is 5.47. The molecule has 1 aliphatic heterocycles. The highest BCUT2D eigenvalue weighted by atomic mass is 16.5. The summed E-state index contributed by atoms with van der Waals surface area (Å²) in [4.78, 5) is 4.53. The van der Waals surface area contributed by atoms with Gasteiger partial charge in [-0.25, -0.2) is 4.98 Å². The minimum absolute atomic E-state index is 0.536. The summed E-state index contributed by atoms with van der Waals surface area (Å²) in [5.74, 6) is 1.24. The van der Waals surface area contributed by atoms with Crippen LogP contribution in [0.5, 0.6) is 5.88 Å². The fraction of sp³-hybridized carbons (Fsp3) is 0.600. The van der Waals surface area contributed by atoms with Gasteiger partial charge in [0.2, 0.25) is 5.88 Å². The van der Waals surface area contributed by atoms with E-state index in [0.717, 1.165) is 44.5 Å². The summed E-state index contributed by atoms with van der Waals surface area (Å²) in [6, 6.07) is 4.16. The smallest absolute Gasteiger partial charge is 0.231 e. The molecule has 1 N–H and O–H groups in total. The largest absolute Gasteiger partial charge is 0.477 e. The first-order valence-electron chi connectivity index (χ1n) is 7.13. The predicted octanol–water partition coefficient (Wildman–Crippen LogP) is 1.82.